The van der Waals surface area contributed by atoms with Gasteiger partial charge in [-0.1, -0.05) is 32.4 Å². The van der Waals surface area contributed by atoms with Crippen LogP contribution in [-0.2, 0) is 21.1 Å². The molecule has 0 N–H and O–H groups in total. The lowest BCUT2D eigenvalue weighted by molar-refractivity contribution is 0.125. The molecule has 0 bridgehead atoms. The van der Waals surface area contributed by atoms with Crippen molar-refractivity contribution in [3.63, 3.8) is 0 Å². The number of thiophene rings is 1. The largest absolute Gasteiger partial charge is 0.412 e. The van der Waals surface area contributed by atoms with E-state index in [4.69, 9.17) is 21.0 Å². The molecule has 244 valence electrons. The standard InChI is InChI=1S/C35H48ClN3O3S2Si/c1-33(2,3)44(40,41)39-20-24(18-35(39)11-9-12-35)38-19-22-14-27(22)29-16-23(36)15-28(31(29)38)26-10-13-37-30-17-25(43-32(26)30)21-42-45(7,8)34(4,5)6/h10,13,15-17,22,24,27H,9,11-12,14,18-21H2,1-8H3. The Labute approximate surface area is 279 Å². The monoisotopic (exact) mass is 685 g/mol. The Bertz CT molecular complexity index is 1770. The molecular weight excluding hydrogens is 638 g/mol. The van der Waals surface area contributed by atoms with Crippen LogP contribution in [0.5, 0.6) is 0 Å². The van der Waals surface area contributed by atoms with Gasteiger partial charge in [-0.25, -0.2) is 8.42 Å². The summed E-state index contributed by atoms with van der Waals surface area (Å²) in [7, 11) is -5.34. The van der Waals surface area contributed by atoms with Gasteiger partial charge in [0.15, 0.2) is 8.32 Å². The number of pyridine rings is 1. The lowest BCUT2D eigenvalue weighted by Gasteiger charge is -2.46. The number of hydrogen-bond acceptors (Lipinski definition) is 6. The predicted molar refractivity (Wildman–Crippen MR) is 191 cm³/mol. The molecule has 3 aromatic rings. The van der Waals surface area contributed by atoms with Crippen molar-refractivity contribution in [2.45, 2.75) is 121 Å². The number of hydrogen-bond donors (Lipinski definition) is 0. The summed E-state index contributed by atoms with van der Waals surface area (Å²) in [5.41, 5.74) is 5.63. The van der Waals surface area contributed by atoms with Gasteiger partial charge in [0, 0.05) is 57.6 Å². The fourth-order valence-electron chi connectivity index (χ4n) is 7.59. The quantitative estimate of drug-likeness (QED) is 0.242. The maximum atomic E-state index is 13.9. The smallest absolute Gasteiger partial charge is 0.219 e. The molecule has 4 heterocycles. The van der Waals surface area contributed by atoms with E-state index in [-0.39, 0.29) is 16.6 Å². The fourth-order valence-corrected chi connectivity index (χ4v) is 11.7. The first-order valence-electron chi connectivity index (χ1n) is 16.6. The SMILES string of the molecule is CC(C)(C)[Si](C)(C)OCc1cc2nccc(-c3cc(Cl)cc4c3N(C3CN(S(=O)(=O)C(C)(C)C)C5(CCC5)C3)CC3CC43)c2s1. The van der Waals surface area contributed by atoms with E-state index in [0.717, 1.165) is 58.6 Å². The first-order valence-corrected chi connectivity index (χ1v) is 22.1. The van der Waals surface area contributed by atoms with E-state index in [1.165, 1.54) is 22.5 Å². The van der Waals surface area contributed by atoms with E-state index >= 15 is 0 Å². The highest BCUT2D eigenvalue weighted by molar-refractivity contribution is 7.90. The Morgan fingerprint density at radius 1 is 1.09 bits per heavy atom. The van der Waals surface area contributed by atoms with Gasteiger partial charge in [-0.15, -0.1) is 11.3 Å². The minimum atomic E-state index is -3.45. The molecule has 0 radical (unpaired) electrons. The summed E-state index contributed by atoms with van der Waals surface area (Å²) >= 11 is 8.67. The number of sulfonamides is 1. The van der Waals surface area contributed by atoms with Crippen LogP contribution in [0.3, 0.4) is 0 Å². The van der Waals surface area contributed by atoms with E-state index in [1.54, 1.807) is 11.3 Å². The lowest BCUT2D eigenvalue weighted by Crippen LogP contribution is -2.56. The third-order valence-corrected chi connectivity index (χ3v) is 20.1. The lowest BCUT2D eigenvalue weighted by atomic mass is 9.75. The molecule has 0 amide bonds. The van der Waals surface area contributed by atoms with Crippen LogP contribution in [0, 0.1) is 5.92 Å². The highest BCUT2D eigenvalue weighted by atomic mass is 35.5. The van der Waals surface area contributed by atoms with E-state index in [2.05, 4.69) is 63.0 Å². The van der Waals surface area contributed by atoms with Gasteiger partial charge in [0.1, 0.15) is 0 Å². The summed E-state index contributed by atoms with van der Waals surface area (Å²) in [4.78, 5) is 8.56. The van der Waals surface area contributed by atoms with Crippen LogP contribution in [0.4, 0.5) is 5.69 Å². The Kier molecular flexibility index (Phi) is 7.48. The zero-order chi connectivity index (χ0) is 32.3. The fraction of sp³-hybridized carbons (Fsp3) is 0.629. The Morgan fingerprint density at radius 3 is 2.47 bits per heavy atom. The molecule has 3 unspecified atom stereocenters. The van der Waals surface area contributed by atoms with Crippen molar-refractivity contribution >= 4 is 57.2 Å². The van der Waals surface area contributed by atoms with Crippen LogP contribution in [-0.4, -0.2) is 55.4 Å². The first kappa shape index (κ1) is 32.1. The van der Waals surface area contributed by atoms with Crippen LogP contribution in [0.15, 0.2) is 30.5 Å². The van der Waals surface area contributed by atoms with Crippen LogP contribution in [0.1, 0.15) is 90.0 Å². The number of benzene rings is 1. The number of halogens is 1. The molecule has 7 rings (SSSR count). The van der Waals surface area contributed by atoms with Crippen LogP contribution >= 0.6 is 22.9 Å². The molecule has 1 aromatic carbocycles. The number of nitrogens with zero attached hydrogens (tertiary/aromatic N) is 3. The van der Waals surface area contributed by atoms with Crippen LogP contribution in [0.2, 0.25) is 23.2 Å². The highest BCUT2D eigenvalue weighted by Gasteiger charge is 2.59. The summed E-state index contributed by atoms with van der Waals surface area (Å²) in [6, 6.07) is 8.78. The molecule has 10 heteroatoms. The third kappa shape index (κ3) is 5.23. The van der Waals surface area contributed by atoms with Gasteiger partial charge in [-0.2, -0.15) is 4.31 Å². The normalized spacial score (nSPS) is 25.0. The van der Waals surface area contributed by atoms with Crippen molar-refractivity contribution in [3.05, 3.63) is 45.9 Å². The molecule has 45 heavy (non-hydrogen) atoms. The van der Waals surface area contributed by atoms with Gasteiger partial charge in [-0.05, 0) is 113 Å². The van der Waals surface area contributed by atoms with Crippen LogP contribution in [0.25, 0.3) is 21.3 Å². The number of fused-ring (bicyclic) bond motifs is 4. The number of anilines is 1. The van der Waals surface area contributed by atoms with Gasteiger partial charge in [0.05, 0.1) is 21.6 Å². The maximum Gasteiger partial charge on any atom is 0.219 e. The first-order chi connectivity index (χ1) is 20.9. The average Bonchev–Trinajstić information content (AvgIpc) is 3.39. The zero-order valence-corrected chi connectivity index (χ0v) is 31.4. The van der Waals surface area contributed by atoms with Gasteiger partial charge >= 0.3 is 0 Å². The minimum absolute atomic E-state index is 0.136. The van der Waals surface area contributed by atoms with Gasteiger partial charge in [-0.3, -0.25) is 4.98 Å². The van der Waals surface area contributed by atoms with Gasteiger partial charge in [0.2, 0.25) is 10.0 Å². The molecular formula is C35H48ClN3O3S2Si. The number of aromatic nitrogens is 1. The molecule has 1 spiro atoms. The molecule has 2 aliphatic heterocycles. The van der Waals surface area contributed by atoms with Crippen molar-refractivity contribution in [2.75, 3.05) is 18.0 Å². The van der Waals surface area contributed by atoms with Crippen molar-refractivity contribution in [3.8, 4) is 11.1 Å². The van der Waals surface area contributed by atoms with Crippen molar-refractivity contribution < 1.29 is 12.8 Å². The molecule has 3 atom stereocenters. The molecule has 6 nitrogen and oxygen atoms in total. The van der Waals surface area contributed by atoms with Crippen molar-refractivity contribution in [1.29, 1.82) is 0 Å². The summed E-state index contributed by atoms with van der Waals surface area (Å²) in [6.45, 7) is 19.1. The Balaban J connectivity index is 1.29. The molecule has 2 saturated carbocycles. The second-order valence-electron chi connectivity index (χ2n) is 16.6. The van der Waals surface area contributed by atoms with Crippen LogP contribution < -0.4 is 4.90 Å². The minimum Gasteiger partial charge on any atom is -0.412 e. The summed E-state index contributed by atoms with van der Waals surface area (Å²) in [6.07, 6.45) is 6.99. The van der Waals surface area contributed by atoms with E-state index in [0.29, 0.717) is 25.0 Å². The predicted octanol–water partition coefficient (Wildman–Crippen LogP) is 9.19. The van der Waals surface area contributed by atoms with Crippen molar-refractivity contribution in [1.82, 2.24) is 9.29 Å². The Morgan fingerprint density at radius 2 is 1.82 bits per heavy atom. The molecule has 2 aliphatic carbocycles. The van der Waals surface area contributed by atoms with Crippen molar-refractivity contribution in [2.24, 2.45) is 5.92 Å². The second-order valence-corrected chi connectivity index (χ2v) is 25.6. The van der Waals surface area contributed by atoms with Gasteiger partial charge in [0.25, 0.3) is 0 Å². The highest BCUT2D eigenvalue weighted by Crippen LogP contribution is 2.60. The molecule has 2 aromatic heterocycles. The van der Waals surface area contributed by atoms with Gasteiger partial charge < -0.3 is 9.33 Å². The average molecular weight is 686 g/mol. The summed E-state index contributed by atoms with van der Waals surface area (Å²) in [5, 5.41) is 0.912. The third-order valence-electron chi connectivity index (χ3n) is 11.6. The Hall–Kier alpha value is -1.49. The summed E-state index contributed by atoms with van der Waals surface area (Å²) < 4.78 is 36.7. The molecule has 4 aliphatic rings. The van der Waals surface area contributed by atoms with E-state index in [9.17, 15) is 8.42 Å². The van der Waals surface area contributed by atoms with E-state index < -0.39 is 23.1 Å². The number of rotatable bonds is 6. The summed E-state index contributed by atoms with van der Waals surface area (Å²) in [5.74, 6) is 1.13. The maximum absolute atomic E-state index is 13.9. The zero-order valence-electron chi connectivity index (χ0n) is 28.0. The molecule has 3 fully saturated rings. The topological polar surface area (TPSA) is 62.7 Å². The second kappa shape index (κ2) is 10.5. The van der Waals surface area contributed by atoms with E-state index in [1.807, 2.05) is 31.3 Å². The molecule has 1 saturated heterocycles.